The zero-order chi connectivity index (χ0) is 18.4. The fourth-order valence-electron chi connectivity index (χ4n) is 2.25. The first-order valence-electron chi connectivity index (χ1n) is 7.94. The molecule has 0 aliphatic carbocycles. The predicted molar refractivity (Wildman–Crippen MR) is 97.0 cm³/mol. The lowest BCUT2D eigenvalue weighted by atomic mass is 10.3. The topological polar surface area (TPSA) is 84.7 Å². The summed E-state index contributed by atoms with van der Waals surface area (Å²) in [6.45, 7) is -0.0187. The lowest BCUT2D eigenvalue weighted by molar-refractivity contribution is -0.127. The lowest BCUT2D eigenvalue weighted by Gasteiger charge is -2.07. The number of hydrogen-bond donors (Lipinski definition) is 2. The standard InChI is InChI=1S/C18H17ClN4O3/c19-13-6-7-16-22-14(11-23(16)10-13)8-20-17(24)9-21-18(25)12-26-15-4-2-1-3-5-15/h1-7,10-11H,8-9,12H2,(H,20,24)(H,21,25). The van der Waals surface area contributed by atoms with Gasteiger partial charge in [0.05, 0.1) is 23.8 Å². The summed E-state index contributed by atoms with van der Waals surface area (Å²) in [5.41, 5.74) is 1.43. The first-order valence-corrected chi connectivity index (χ1v) is 8.32. The van der Waals surface area contributed by atoms with Crippen LogP contribution in [0.5, 0.6) is 5.75 Å². The normalized spacial score (nSPS) is 10.5. The Kier molecular flexibility index (Phi) is 5.70. The van der Waals surface area contributed by atoms with Gasteiger partial charge in [-0.15, -0.1) is 0 Å². The monoisotopic (exact) mass is 372 g/mol. The van der Waals surface area contributed by atoms with E-state index in [2.05, 4.69) is 15.6 Å². The number of rotatable bonds is 7. The highest BCUT2D eigenvalue weighted by Crippen LogP contribution is 2.11. The number of amides is 2. The van der Waals surface area contributed by atoms with Crippen LogP contribution in [0.25, 0.3) is 5.65 Å². The van der Waals surface area contributed by atoms with Crippen LogP contribution in [0.1, 0.15) is 5.69 Å². The van der Waals surface area contributed by atoms with Crippen LogP contribution >= 0.6 is 11.6 Å². The maximum atomic E-state index is 11.8. The third-order valence-corrected chi connectivity index (χ3v) is 3.71. The van der Waals surface area contributed by atoms with E-state index >= 15 is 0 Å². The van der Waals surface area contributed by atoms with E-state index in [1.165, 1.54) is 0 Å². The highest BCUT2D eigenvalue weighted by atomic mass is 35.5. The Hall–Kier alpha value is -3.06. The molecule has 134 valence electrons. The number of para-hydroxylation sites is 1. The summed E-state index contributed by atoms with van der Waals surface area (Å²) < 4.78 is 7.09. The van der Waals surface area contributed by atoms with Crippen molar-refractivity contribution < 1.29 is 14.3 Å². The van der Waals surface area contributed by atoms with E-state index in [0.29, 0.717) is 16.5 Å². The molecule has 0 bridgehead atoms. The highest BCUT2D eigenvalue weighted by molar-refractivity contribution is 6.30. The van der Waals surface area contributed by atoms with E-state index in [4.69, 9.17) is 16.3 Å². The van der Waals surface area contributed by atoms with Crippen LogP contribution < -0.4 is 15.4 Å². The Morgan fingerprint density at radius 2 is 1.85 bits per heavy atom. The Labute approximate surface area is 154 Å². The van der Waals surface area contributed by atoms with Crippen molar-refractivity contribution in [3.8, 4) is 5.75 Å². The minimum Gasteiger partial charge on any atom is -0.484 e. The largest absolute Gasteiger partial charge is 0.484 e. The molecule has 0 unspecified atom stereocenters. The summed E-state index contributed by atoms with van der Waals surface area (Å²) in [7, 11) is 0. The van der Waals surface area contributed by atoms with Gasteiger partial charge in [-0.2, -0.15) is 0 Å². The number of hydrogen-bond acceptors (Lipinski definition) is 4. The molecule has 2 N–H and O–H groups in total. The van der Waals surface area contributed by atoms with Gasteiger partial charge in [0.15, 0.2) is 6.61 Å². The molecule has 0 spiro atoms. The SMILES string of the molecule is O=C(CNC(=O)COc1ccccc1)NCc1cn2cc(Cl)ccc2n1. The van der Waals surface area contributed by atoms with Crippen molar-refractivity contribution in [2.75, 3.05) is 13.2 Å². The first kappa shape index (κ1) is 17.8. The predicted octanol–water partition coefficient (Wildman–Crippen LogP) is 1.80. The minimum absolute atomic E-state index is 0.129. The number of ether oxygens (including phenoxy) is 1. The van der Waals surface area contributed by atoms with Gasteiger partial charge in [-0.3, -0.25) is 9.59 Å². The fraction of sp³-hybridized carbons (Fsp3) is 0.167. The van der Waals surface area contributed by atoms with Gasteiger partial charge in [-0.05, 0) is 24.3 Å². The molecule has 2 amide bonds. The molecule has 0 saturated heterocycles. The van der Waals surface area contributed by atoms with Gasteiger partial charge in [0.1, 0.15) is 11.4 Å². The fourth-order valence-corrected chi connectivity index (χ4v) is 2.42. The van der Waals surface area contributed by atoms with E-state index in [1.807, 2.05) is 18.2 Å². The maximum absolute atomic E-state index is 11.8. The molecule has 1 aromatic carbocycles. The van der Waals surface area contributed by atoms with Gasteiger partial charge in [-0.1, -0.05) is 29.8 Å². The zero-order valence-electron chi connectivity index (χ0n) is 13.8. The molecule has 0 aliphatic heterocycles. The van der Waals surface area contributed by atoms with Crippen molar-refractivity contribution in [1.82, 2.24) is 20.0 Å². The number of aromatic nitrogens is 2. The number of nitrogens with one attached hydrogen (secondary N) is 2. The van der Waals surface area contributed by atoms with Crippen LogP contribution in [0.3, 0.4) is 0 Å². The number of pyridine rings is 1. The maximum Gasteiger partial charge on any atom is 0.258 e. The molecule has 2 heterocycles. The van der Waals surface area contributed by atoms with Gasteiger partial charge >= 0.3 is 0 Å². The summed E-state index contributed by atoms with van der Waals surface area (Å²) >= 11 is 5.92. The van der Waals surface area contributed by atoms with E-state index in [0.717, 1.165) is 5.65 Å². The quantitative estimate of drug-likeness (QED) is 0.662. The summed E-state index contributed by atoms with van der Waals surface area (Å²) in [6, 6.07) is 12.5. The second-order valence-corrected chi connectivity index (χ2v) is 5.94. The number of carbonyl (C=O) groups is 2. The first-order chi connectivity index (χ1) is 12.6. The molecule has 8 heteroatoms. The second-order valence-electron chi connectivity index (χ2n) is 5.50. The third-order valence-electron chi connectivity index (χ3n) is 3.49. The van der Waals surface area contributed by atoms with Crippen LogP contribution in [0.2, 0.25) is 5.02 Å². The van der Waals surface area contributed by atoms with Crippen molar-refractivity contribution in [3.63, 3.8) is 0 Å². The Morgan fingerprint density at radius 1 is 1.04 bits per heavy atom. The van der Waals surface area contributed by atoms with E-state index < -0.39 is 0 Å². The summed E-state index contributed by atoms with van der Waals surface area (Å²) in [6.07, 6.45) is 3.52. The van der Waals surface area contributed by atoms with Gasteiger partial charge in [0.25, 0.3) is 5.91 Å². The van der Waals surface area contributed by atoms with Crippen molar-refractivity contribution in [3.05, 3.63) is 65.6 Å². The van der Waals surface area contributed by atoms with Crippen molar-refractivity contribution >= 4 is 29.1 Å². The second kappa shape index (κ2) is 8.35. The average molecular weight is 373 g/mol. The van der Waals surface area contributed by atoms with Crippen molar-refractivity contribution in [2.24, 2.45) is 0 Å². The number of fused-ring (bicyclic) bond motifs is 1. The molecule has 0 fully saturated rings. The molecular formula is C18H17ClN4O3. The third kappa shape index (κ3) is 4.97. The van der Waals surface area contributed by atoms with Crippen molar-refractivity contribution in [2.45, 2.75) is 6.54 Å². The Bertz CT molecular complexity index is 911. The van der Waals surface area contributed by atoms with Gasteiger partial charge < -0.3 is 19.8 Å². The minimum atomic E-state index is -0.369. The molecular weight excluding hydrogens is 356 g/mol. The smallest absolute Gasteiger partial charge is 0.258 e. The van der Waals surface area contributed by atoms with Gasteiger partial charge in [-0.25, -0.2) is 4.98 Å². The lowest BCUT2D eigenvalue weighted by Crippen LogP contribution is -2.38. The number of halogens is 1. The molecule has 0 aliphatic rings. The van der Waals surface area contributed by atoms with Crippen LogP contribution in [0.4, 0.5) is 0 Å². The number of imidazole rings is 1. The summed E-state index contributed by atoms with van der Waals surface area (Å²) in [4.78, 5) is 27.9. The van der Waals surface area contributed by atoms with Crippen LogP contribution in [0, 0.1) is 0 Å². The number of benzene rings is 1. The van der Waals surface area contributed by atoms with Gasteiger partial charge in [0.2, 0.25) is 5.91 Å². The Balaban J connectivity index is 1.40. The summed E-state index contributed by atoms with van der Waals surface area (Å²) in [5.74, 6) is -0.0847. The highest BCUT2D eigenvalue weighted by Gasteiger charge is 2.08. The molecule has 7 nitrogen and oxygen atoms in total. The van der Waals surface area contributed by atoms with Crippen LogP contribution in [-0.4, -0.2) is 34.4 Å². The van der Waals surface area contributed by atoms with E-state index in [1.54, 1.807) is 41.1 Å². The van der Waals surface area contributed by atoms with Crippen molar-refractivity contribution in [1.29, 1.82) is 0 Å². The number of carbonyl (C=O) groups excluding carboxylic acids is 2. The van der Waals surface area contributed by atoms with E-state index in [-0.39, 0.29) is 31.5 Å². The van der Waals surface area contributed by atoms with Crippen LogP contribution in [-0.2, 0) is 16.1 Å². The average Bonchev–Trinajstić information content (AvgIpc) is 3.06. The zero-order valence-corrected chi connectivity index (χ0v) is 14.6. The Morgan fingerprint density at radius 3 is 2.65 bits per heavy atom. The molecule has 0 radical (unpaired) electrons. The van der Waals surface area contributed by atoms with Gasteiger partial charge in [0, 0.05) is 12.4 Å². The molecule has 2 aromatic heterocycles. The van der Waals surface area contributed by atoms with E-state index in [9.17, 15) is 9.59 Å². The molecule has 3 aromatic rings. The molecule has 26 heavy (non-hydrogen) atoms. The van der Waals surface area contributed by atoms with Crippen LogP contribution in [0.15, 0.2) is 54.9 Å². The summed E-state index contributed by atoms with van der Waals surface area (Å²) in [5, 5.41) is 5.81. The number of nitrogens with zero attached hydrogens (tertiary/aromatic N) is 2. The molecule has 0 saturated carbocycles. The molecule has 3 rings (SSSR count). The molecule has 0 atom stereocenters.